The van der Waals surface area contributed by atoms with Crippen LogP contribution in [-0.4, -0.2) is 20.0 Å². The molecule has 0 N–H and O–H groups in total. The fourth-order valence-corrected chi connectivity index (χ4v) is 2.08. The molecule has 2 aliphatic carbocycles. The first kappa shape index (κ1) is 21.8. The summed E-state index contributed by atoms with van der Waals surface area (Å²) in [5.74, 6) is 2.10. The molecule has 4 heteroatoms. The number of hydrogen-bond acceptors (Lipinski definition) is 3. The summed E-state index contributed by atoms with van der Waals surface area (Å²) in [6.45, 7) is 0. The van der Waals surface area contributed by atoms with Crippen molar-refractivity contribution < 1.29 is 31.3 Å². The van der Waals surface area contributed by atoms with Gasteiger partial charge in [-0.3, -0.25) is 4.79 Å². The van der Waals surface area contributed by atoms with Gasteiger partial charge in [0.1, 0.15) is 0 Å². The summed E-state index contributed by atoms with van der Waals surface area (Å²) in [5.41, 5.74) is 0.570. The number of rotatable bonds is 5. The second-order valence-electron chi connectivity index (χ2n) is 4.95. The van der Waals surface area contributed by atoms with E-state index in [2.05, 4.69) is 0 Å². The zero-order chi connectivity index (χ0) is 17.2. The van der Waals surface area contributed by atoms with Crippen molar-refractivity contribution in [3.8, 4) is 11.5 Å². The fourth-order valence-electron chi connectivity index (χ4n) is 2.08. The molecular weight excluding hydrogens is 356 g/mol. The van der Waals surface area contributed by atoms with E-state index < -0.39 is 0 Å². The number of benzene rings is 1. The quantitative estimate of drug-likeness (QED) is 0.445. The molecule has 0 heterocycles. The van der Waals surface area contributed by atoms with Gasteiger partial charge in [-0.15, -0.1) is 0 Å². The van der Waals surface area contributed by atoms with Crippen LogP contribution >= 0.6 is 0 Å². The first-order valence-corrected chi connectivity index (χ1v) is 7.57. The monoisotopic (exact) mass is 376 g/mol. The minimum Gasteiger partial charge on any atom is -0.493 e. The fraction of sp³-hybridized carbons (Fsp3) is 0.0952. The molecule has 0 bridgehead atoms. The Hall–Kier alpha value is -1.25. The van der Waals surface area contributed by atoms with E-state index in [-0.39, 0.29) is 22.9 Å². The van der Waals surface area contributed by atoms with E-state index >= 15 is 0 Å². The molecule has 0 amide bonds. The number of allylic oxidation sites excluding steroid dienone is 2. The van der Waals surface area contributed by atoms with Gasteiger partial charge in [-0.1, -0.05) is 6.08 Å². The predicted molar refractivity (Wildman–Crippen MR) is 95.0 cm³/mol. The molecule has 0 spiro atoms. The molecule has 2 fully saturated rings. The molecular formula is C21H20FeO3. The summed E-state index contributed by atoms with van der Waals surface area (Å²) >= 11 is 0. The van der Waals surface area contributed by atoms with Crippen LogP contribution in [0.15, 0.2) is 30.4 Å². The van der Waals surface area contributed by atoms with Crippen LogP contribution in [-0.2, 0) is 17.1 Å². The van der Waals surface area contributed by atoms with Crippen molar-refractivity contribution in [3.05, 3.63) is 99.6 Å². The smallest absolute Gasteiger partial charge is 0.185 e. The Morgan fingerprint density at radius 1 is 0.840 bits per heavy atom. The molecule has 0 atom stereocenters. The van der Waals surface area contributed by atoms with Crippen LogP contribution < -0.4 is 9.47 Å². The third kappa shape index (κ3) is 7.25. The Morgan fingerprint density at radius 3 is 1.92 bits per heavy atom. The average Bonchev–Trinajstić information content (AvgIpc) is 3.35. The number of ether oxygens (including phenoxy) is 2. The Morgan fingerprint density at radius 2 is 1.40 bits per heavy atom. The Kier molecular flexibility index (Phi) is 10.6. The summed E-state index contributed by atoms with van der Waals surface area (Å²) in [4.78, 5) is 12.0. The molecule has 10 radical (unpaired) electrons. The SMILES string of the molecule is COc1ccc(C(=O)/C=C/[C]2[CH][CH][CH][CH]2)cc1OC.[CH]1[CH][CH][CH][CH]1.[Fe]. The molecule has 0 aliphatic heterocycles. The molecule has 1 aromatic carbocycles. The molecule has 3 rings (SSSR count). The van der Waals surface area contributed by atoms with E-state index in [0.717, 1.165) is 5.92 Å². The van der Waals surface area contributed by atoms with Crippen LogP contribution in [0.5, 0.6) is 11.5 Å². The van der Waals surface area contributed by atoms with Crippen molar-refractivity contribution >= 4 is 5.78 Å². The zero-order valence-corrected chi connectivity index (χ0v) is 15.3. The first-order chi connectivity index (χ1) is 11.7. The molecule has 2 saturated carbocycles. The topological polar surface area (TPSA) is 35.5 Å². The molecule has 0 saturated heterocycles. The van der Waals surface area contributed by atoms with E-state index in [1.165, 1.54) is 0 Å². The number of methoxy groups -OCH3 is 2. The van der Waals surface area contributed by atoms with Crippen LogP contribution in [0.25, 0.3) is 0 Å². The van der Waals surface area contributed by atoms with Gasteiger partial charge < -0.3 is 9.47 Å². The zero-order valence-electron chi connectivity index (χ0n) is 14.2. The van der Waals surface area contributed by atoms with Gasteiger partial charge in [0.05, 0.1) is 14.2 Å². The number of carbonyl (C=O) groups excluding carboxylic acids is 1. The Balaban J connectivity index is 0.000000448. The van der Waals surface area contributed by atoms with Gasteiger partial charge in [-0.05, 0) is 82.1 Å². The summed E-state index contributed by atoms with van der Waals surface area (Å²) in [6, 6.07) is 5.12. The van der Waals surface area contributed by atoms with Gasteiger partial charge >= 0.3 is 0 Å². The predicted octanol–water partition coefficient (Wildman–Crippen LogP) is 3.87. The van der Waals surface area contributed by atoms with Crippen molar-refractivity contribution in [2.24, 2.45) is 0 Å². The van der Waals surface area contributed by atoms with Crippen LogP contribution in [0.2, 0.25) is 0 Å². The van der Waals surface area contributed by atoms with Gasteiger partial charge in [0.25, 0.3) is 0 Å². The average molecular weight is 376 g/mol. The largest absolute Gasteiger partial charge is 0.493 e. The van der Waals surface area contributed by atoms with Gasteiger partial charge in [0.2, 0.25) is 0 Å². The van der Waals surface area contributed by atoms with Crippen molar-refractivity contribution in [1.29, 1.82) is 0 Å². The molecule has 3 nitrogen and oxygen atoms in total. The third-order valence-corrected chi connectivity index (χ3v) is 3.34. The van der Waals surface area contributed by atoms with Crippen LogP contribution in [0.3, 0.4) is 0 Å². The first-order valence-electron chi connectivity index (χ1n) is 7.57. The van der Waals surface area contributed by atoms with Gasteiger partial charge in [-0.2, -0.15) is 0 Å². The van der Waals surface area contributed by atoms with Crippen LogP contribution in [0.1, 0.15) is 10.4 Å². The van der Waals surface area contributed by atoms with E-state index in [4.69, 9.17) is 9.47 Å². The molecule has 1 aromatic rings. The van der Waals surface area contributed by atoms with E-state index in [0.29, 0.717) is 17.1 Å². The Bertz CT molecular complexity index is 536. The Labute approximate surface area is 162 Å². The molecule has 130 valence electrons. The molecule has 2 aliphatic rings. The van der Waals surface area contributed by atoms with Crippen molar-refractivity contribution in [2.45, 2.75) is 0 Å². The van der Waals surface area contributed by atoms with Gasteiger partial charge in [0, 0.05) is 28.6 Å². The summed E-state index contributed by atoms with van der Waals surface area (Å²) < 4.78 is 10.3. The number of carbonyl (C=O) groups is 1. The van der Waals surface area contributed by atoms with Crippen molar-refractivity contribution in [3.63, 3.8) is 0 Å². The molecule has 25 heavy (non-hydrogen) atoms. The van der Waals surface area contributed by atoms with Gasteiger partial charge in [-0.25, -0.2) is 0 Å². The summed E-state index contributed by atoms with van der Waals surface area (Å²) in [6.07, 6.45) is 21.1. The minimum absolute atomic E-state index is 0. The maximum absolute atomic E-state index is 12.0. The van der Waals surface area contributed by atoms with Crippen LogP contribution in [0, 0.1) is 63.7 Å². The van der Waals surface area contributed by atoms with E-state index in [1.807, 2.05) is 57.8 Å². The van der Waals surface area contributed by atoms with E-state index in [1.54, 1.807) is 44.6 Å². The second-order valence-corrected chi connectivity index (χ2v) is 4.95. The number of ketones is 1. The van der Waals surface area contributed by atoms with Crippen LogP contribution in [0.4, 0.5) is 0 Å². The second kappa shape index (κ2) is 12.2. The van der Waals surface area contributed by atoms with Crippen molar-refractivity contribution in [2.75, 3.05) is 14.2 Å². The van der Waals surface area contributed by atoms with Crippen molar-refractivity contribution in [1.82, 2.24) is 0 Å². The maximum Gasteiger partial charge on any atom is 0.185 e. The number of hydrogen-bond donors (Lipinski definition) is 0. The maximum atomic E-state index is 12.0. The summed E-state index contributed by atoms with van der Waals surface area (Å²) in [5, 5.41) is 0. The summed E-state index contributed by atoms with van der Waals surface area (Å²) in [7, 11) is 3.11. The third-order valence-electron chi connectivity index (χ3n) is 3.34. The standard InChI is InChI=1S/C16H15O3.C5H5.Fe/c1-18-15-10-8-13(11-16(15)19-2)14(17)9-7-12-5-3-4-6-12;1-2-4-5-3-1;/h3-11H,1-2H3;1-5H;/b9-7+;;. The minimum atomic E-state index is -0.0675. The van der Waals surface area contributed by atoms with Gasteiger partial charge in [0.15, 0.2) is 17.3 Å². The normalized spacial score (nSPS) is 16.9. The molecule has 0 unspecified atom stereocenters. The van der Waals surface area contributed by atoms with E-state index in [9.17, 15) is 4.79 Å². The molecule has 0 aromatic heterocycles.